The van der Waals surface area contributed by atoms with Gasteiger partial charge in [-0.1, -0.05) is 60.7 Å². The Balaban J connectivity index is 2.35. The second-order valence-corrected chi connectivity index (χ2v) is 4.16. The molecule has 1 unspecified atom stereocenters. The lowest BCUT2D eigenvalue weighted by atomic mass is 9.88. The summed E-state index contributed by atoms with van der Waals surface area (Å²) in [5.74, 6) is -1.63. The quantitative estimate of drug-likeness (QED) is 0.864. The van der Waals surface area contributed by atoms with Crippen molar-refractivity contribution in [2.75, 3.05) is 0 Å². The normalized spacial score (nSPS) is 13.8. The molecule has 3 N–H and O–H groups in total. The predicted molar refractivity (Wildman–Crippen MR) is 70.2 cm³/mol. The molecule has 0 aliphatic heterocycles. The fraction of sp³-hybridized carbons (Fsp3) is 0.133. The van der Waals surface area contributed by atoms with E-state index in [4.69, 9.17) is 5.73 Å². The van der Waals surface area contributed by atoms with Crippen molar-refractivity contribution in [1.29, 1.82) is 0 Å². The van der Waals surface area contributed by atoms with Crippen molar-refractivity contribution in [2.45, 2.75) is 12.0 Å². The fourth-order valence-corrected chi connectivity index (χ4v) is 2.03. The van der Waals surface area contributed by atoms with Crippen LogP contribution in [0.15, 0.2) is 60.7 Å². The number of rotatable bonds is 4. The molecule has 0 aromatic heterocycles. The summed E-state index contributed by atoms with van der Waals surface area (Å²) in [7, 11) is 0. The van der Waals surface area contributed by atoms with E-state index in [1.807, 2.05) is 48.5 Å². The lowest BCUT2D eigenvalue weighted by molar-refractivity contribution is -0.139. The van der Waals surface area contributed by atoms with Crippen molar-refractivity contribution < 1.29 is 9.90 Å². The van der Waals surface area contributed by atoms with Crippen molar-refractivity contribution in [1.82, 2.24) is 0 Å². The Bertz CT molecular complexity index is 511. The molecular formula is C15H15NO2. The molecule has 0 saturated carbocycles. The first-order valence-corrected chi connectivity index (χ1v) is 5.78. The second-order valence-electron chi connectivity index (χ2n) is 4.16. The van der Waals surface area contributed by atoms with Crippen molar-refractivity contribution in [3.05, 3.63) is 71.8 Å². The molecule has 0 aliphatic rings. The number of aliphatic carboxylic acids is 1. The third-order valence-electron chi connectivity index (χ3n) is 2.97. The van der Waals surface area contributed by atoms with Gasteiger partial charge in [0.1, 0.15) is 5.92 Å². The van der Waals surface area contributed by atoms with Crippen LogP contribution in [0.3, 0.4) is 0 Å². The Morgan fingerprint density at radius 3 is 1.78 bits per heavy atom. The highest BCUT2D eigenvalue weighted by molar-refractivity contribution is 5.77. The number of carboxylic acids is 1. The summed E-state index contributed by atoms with van der Waals surface area (Å²) in [5, 5.41) is 9.38. The van der Waals surface area contributed by atoms with Gasteiger partial charge in [-0.25, -0.2) is 0 Å². The van der Waals surface area contributed by atoms with Crippen molar-refractivity contribution >= 4 is 5.97 Å². The summed E-state index contributed by atoms with van der Waals surface area (Å²) >= 11 is 0. The molecule has 0 aliphatic carbocycles. The Morgan fingerprint density at radius 2 is 1.33 bits per heavy atom. The molecule has 0 radical (unpaired) electrons. The van der Waals surface area contributed by atoms with Gasteiger partial charge in [-0.05, 0) is 11.1 Å². The summed E-state index contributed by atoms with van der Waals surface area (Å²) in [6.07, 6.45) is 0. The Labute approximate surface area is 106 Å². The first kappa shape index (κ1) is 12.3. The molecule has 0 saturated heterocycles. The molecule has 3 nitrogen and oxygen atoms in total. The molecule has 2 aromatic carbocycles. The number of benzene rings is 2. The summed E-state index contributed by atoms with van der Waals surface area (Å²) in [5.41, 5.74) is 7.64. The predicted octanol–water partition coefficient (Wildman–Crippen LogP) is 2.55. The lowest BCUT2D eigenvalue weighted by Crippen LogP contribution is -2.26. The SMILES string of the molecule is N[C@@H](c1ccccc1)C(C(=O)O)c1ccccc1. The summed E-state index contributed by atoms with van der Waals surface area (Å²) in [4.78, 5) is 11.4. The fourth-order valence-electron chi connectivity index (χ4n) is 2.03. The molecule has 2 aromatic rings. The third-order valence-corrected chi connectivity index (χ3v) is 2.97. The number of carbonyl (C=O) groups is 1. The van der Waals surface area contributed by atoms with Crippen LogP contribution in [0.4, 0.5) is 0 Å². The number of nitrogens with two attached hydrogens (primary N) is 1. The van der Waals surface area contributed by atoms with E-state index in [0.29, 0.717) is 0 Å². The van der Waals surface area contributed by atoms with Crippen LogP contribution in [0.25, 0.3) is 0 Å². The molecule has 2 rings (SSSR count). The number of hydrogen-bond donors (Lipinski definition) is 2. The van der Waals surface area contributed by atoms with Crippen molar-refractivity contribution in [3.63, 3.8) is 0 Å². The molecule has 0 fully saturated rings. The monoisotopic (exact) mass is 241 g/mol. The molecule has 0 heterocycles. The van der Waals surface area contributed by atoms with Gasteiger partial charge in [-0.2, -0.15) is 0 Å². The lowest BCUT2D eigenvalue weighted by Gasteiger charge is -2.20. The van der Waals surface area contributed by atoms with Crippen molar-refractivity contribution in [2.24, 2.45) is 5.73 Å². The van der Waals surface area contributed by atoms with Gasteiger partial charge in [0.2, 0.25) is 0 Å². The minimum absolute atomic E-state index is 0.550. The third kappa shape index (κ3) is 2.57. The number of hydrogen-bond acceptors (Lipinski definition) is 2. The van der Waals surface area contributed by atoms with E-state index in [1.165, 1.54) is 0 Å². The van der Waals surface area contributed by atoms with E-state index in [9.17, 15) is 9.90 Å². The number of carboxylic acid groups (broad SMARTS) is 1. The average molecular weight is 241 g/mol. The second kappa shape index (κ2) is 5.47. The van der Waals surface area contributed by atoms with E-state index in [-0.39, 0.29) is 0 Å². The van der Waals surface area contributed by atoms with Gasteiger partial charge in [0.25, 0.3) is 0 Å². The minimum atomic E-state index is -0.905. The van der Waals surface area contributed by atoms with E-state index in [1.54, 1.807) is 12.1 Å². The molecule has 92 valence electrons. The molecule has 3 heteroatoms. The van der Waals surface area contributed by atoms with E-state index >= 15 is 0 Å². The molecule has 0 amide bonds. The minimum Gasteiger partial charge on any atom is -0.481 e. The van der Waals surface area contributed by atoms with Gasteiger partial charge in [-0.15, -0.1) is 0 Å². The van der Waals surface area contributed by atoms with Crippen LogP contribution in [0.2, 0.25) is 0 Å². The van der Waals surface area contributed by atoms with Gasteiger partial charge in [-0.3, -0.25) is 4.79 Å². The van der Waals surface area contributed by atoms with Gasteiger partial charge in [0.05, 0.1) is 0 Å². The summed E-state index contributed by atoms with van der Waals surface area (Å²) in [6, 6.07) is 17.8. The summed E-state index contributed by atoms with van der Waals surface area (Å²) < 4.78 is 0. The van der Waals surface area contributed by atoms with Crippen LogP contribution in [-0.4, -0.2) is 11.1 Å². The average Bonchev–Trinajstić information content (AvgIpc) is 2.40. The van der Waals surface area contributed by atoms with Gasteiger partial charge >= 0.3 is 5.97 Å². The zero-order valence-electron chi connectivity index (χ0n) is 9.86. The molecule has 18 heavy (non-hydrogen) atoms. The molecule has 0 spiro atoms. The van der Waals surface area contributed by atoms with E-state index in [0.717, 1.165) is 11.1 Å². The van der Waals surface area contributed by atoms with Crippen LogP contribution in [-0.2, 0) is 4.79 Å². The highest BCUT2D eigenvalue weighted by Gasteiger charge is 2.27. The van der Waals surface area contributed by atoms with Crippen LogP contribution < -0.4 is 5.73 Å². The standard InChI is InChI=1S/C15H15NO2/c16-14(12-9-5-2-6-10-12)13(15(17)18)11-7-3-1-4-8-11/h1-10,13-14H,16H2,(H,17,18)/t13?,14-/m0/s1. The van der Waals surface area contributed by atoms with E-state index in [2.05, 4.69) is 0 Å². The van der Waals surface area contributed by atoms with Crippen LogP contribution >= 0.6 is 0 Å². The highest BCUT2D eigenvalue weighted by Crippen LogP contribution is 2.29. The zero-order chi connectivity index (χ0) is 13.0. The first-order chi connectivity index (χ1) is 8.70. The van der Waals surface area contributed by atoms with Gasteiger partial charge in [0, 0.05) is 6.04 Å². The van der Waals surface area contributed by atoms with Gasteiger partial charge in [0.15, 0.2) is 0 Å². The Morgan fingerprint density at radius 1 is 0.889 bits per heavy atom. The Kier molecular flexibility index (Phi) is 3.75. The Hall–Kier alpha value is -2.13. The van der Waals surface area contributed by atoms with Crippen molar-refractivity contribution in [3.8, 4) is 0 Å². The topological polar surface area (TPSA) is 63.3 Å². The molecular weight excluding hydrogens is 226 g/mol. The zero-order valence-corrected chi connectivity index (χ0v) is 9.86. The van der Waals surface area contributed by atoms with Crippen LogP contribution in [0, 0.1) is 0 Å². The maximum Gasteiger partial charge on any atom is 0.312 e. The highest BCUT2D eigenvalue weighted by atomic mass is 16.4. The molecule has 2 atom stereocenters. The summed E-state index contributed by atoms with van der Waals surface area (Å²) in [6.45, 7) is 0. The smallest absolute Gasteiger partial charge is 0.312 e. The maximum absolute atomic E-state index is 11.4. The maximum atomic E-state index is 11.4. The largest absolute Gasteiger partial charge is 0.481 e. The van der Waals surface area contributed by atoms with Crippen LogP contribution in [0.1, 0.15) is 23.1 Å². The first-order valence-electron chi connectivity index (χ1n) is 5.78. The van der Waals surface area contributed by atoms with E-state index < -0.39 is 17.9 Å². The van der Waals surface area contributed by atoms with Crippen LogP contribution in [0.5, 0.6) is 0 Å². The molecule has 0 bridgehead atoms. The van der Waals surface area contributed by atoms with Gasteiger partial charge < -0.3 is 10.8 Å².